The Bertz CT molecular complexity index is 689. The van der Waals surface area contributed by atoms with E-state index < -0.39 is 23.8 Å². The largest absolute Gasteiger partial charge is 0.411 e. The number of ketones is 1. The highest BCUT2D eigenvalue weighted by molar-refractivity contribution is 5.97. The SMILES string of the molecule is N#C[C@@](CC(=O)c1ccccc1)(c1ccccc1)C(F)(F)F. The van der Waals surface area contributed by atoms with Gasteiger partial charge in [-0.3, -0.25) is 4.79 Å². The molecule has 0 aliphatic heterocycles. The standard InChI is InChI=1S/C17H12F3NO/c18-17(19,20)16(12-21,14-9-5-2-6-10-14)11-15(22)13-7-3-1-4-8-13/h1-10H,11H2/t16-/m0/s1. The fourth-order valence-electron chi connectivity index (χ4n) is 2.22. The van der Waals surface area contributed by atoms with Gasteiger partial charge in [0.15, 0.2) is 11.2 Å². The number of carbonyl (C=O) groups excluding carboxylic acids is 1. The molecule has 0 radical (unpaired) electrons. The second kappa shape index (κ2) is 6.02. The van der Waals surface area contributed by atoms with Crippen LogP contribution in [0.3, 0.4) is 0 Å². The molecular weight excluding hydrogens is 291 g/mol. The molecule has 0 fully saturated rings. The van der Waals surface area contributed by atoms with Gasteiger partial charge in [0.2, 0.25) is 0 Å². The molecule has 1 atom stereocenters. The van der Waals surface area contributed by atoms with Gasteiger partial charge in [0.1, 0.15) is 0 Å². The van der Waals surface area contributed by atoms with E-state index in [4.69, 9.17) is 0 Å². The summed E-state index contributed by atoms with van der Waals surface area (Å²) < 4.78 is 40.7. The first-order valence-electron chi connectivity index (χ1n) is 6.52. The zero-order valence-electron chi connectivity index (χ0n) is 11.5. The van der Waals surface area contributed by atoms with E-state index in [1.165, 1.54) is 42.5 Å². The summed E-state index contributed by atoms with van der Waals surface area (Å²) in [5.41, 5.74) is -2.92. The van der Waals surface area contributed by atoms with E-state index in [0.29, 0.717) is 0 Å². The summed E-state index contributed by atoms with van der Waals surface area (Å²) in [5.74, 6) is -0.719. The fraction of sp³-hybridized carbons (Fsp3) is 0.176. The van der Waals surface area contributed by atoms with Gasteiger partial charge >= 0.3 is 6.18 Å². The predicted molar refractivity (Wildman–Crippen MR) is 75.2 cm³/mol. The van der Waals surface area contributed by atoms with Crippen molar-refractivity contribution in [3.8, 4) is 6.07 Å². The number of hydrogen-bond acceptors (Lipinski definition) is 2. The Morgan fingerprint density at radius 1 is 0.955 bits per heavy atom. The molecule has 2 nitrogen and oxygen atoms in total. The Hall–Kier alpha value is -2.61. The Kier molecular flexibility index (Phi) is 4.32. The Labute approximate surface area is 125 Å². The van der Waals surface area contributed by atoms with Crippen LogP contribution in [0.4, 0.5) is 13.2 Å². The number of carbonyl (C=O) groups is 1. The summed E-state index contributed by atoms with van der Waals surface area (Å²) in [4.78, 5) is 12.2. The topological polar surface area (TPSA) is 40.9 Å². The summed E-state index contributed by atoms with van der Waals surface area (Å²) in [5, 5.41) is 9.24. The highest BCUT2D eigenvalue weighted by Crippen LogP contribution is 2.44. The molecule has 112 valence electrons. The Balaban J connectivity index is 2.47. The highest BCUT2D eigenvalue weighted by atomic mass is 19.4. The van der Waals surface area contributed by atoms with Crippen molar-refractivity contribution in [3.05, 3.63) is 71.8 Å². The molecular formula is C17H12F3NO. The van der Waals surface area contributed by atoms with Gasteiger partial charge in [-0.05, 0) is 5.56 Å². The van der Waals surface area contributed by atoms with Gasteiger partial charge in [-0.15, -0.1) is 0 Å². The fourth-order valence-corrected chi connectivity index (χ4v) is 2.22. The van der Waals surface area contributed by atoms with Crippen molar-refractivity contribution in [2.75, 3.05) is 0 Å². The first kappa shape index (κ1) is 15.8. The molecule has 2 rings (SSSR count). The summed E-state index contributed by atoms with van der Waals surface area (Å²) in [6.45, 7) is 0. The van der Waals surface area contributed by atoms with E-state index in [1.54, 1.807) is 24.3 Å². The Morgan fingerprint density at radius 3 is 1.91 bits per heavy atom. The third kappa shape index (κ3) is 2.86. The molecule has 0 aliphatic carbocycles. The van der Waals surface area contributed by atoms with Crippen LogP contribution in [-0.2, 0) is 5.41 Å². The minimum atomic E-state index is -4.85. The molecule has 0 unspecified atom stereocenters. The van der Waals surface area contributed by atoms with Gasteiger partial charge in [-0.2, -0.15) is 18.4 Å². The number of hydrogen-bond donors (Lipinski definition) is 0. The van der Waals surface area contributed by atoms with Crippen LogP contribution in [0.25, 0.3) is 0 Å². The maximum Gasteiger partial charge on any atom is 0.411 e. The third-order valence-corrected chi connectivity index (χ3v) is 3.46. The molecule has 2 aromatic carbocycles. The third-order valence-electron chi connectivity index (χ3n) is 3.46. The van der Waals surface area contributed by atoms with Crippen LogP contribution in [0.1, 0.15) is 22.3 Å². The van der Waals surface area contributed by atoms with Crippen molar-refractivity contribution in [2.24, 2.45) is 0 Å². The van der Waals surface area contributed by atoms with E-state index in [-0.39, 0.29) is 11.1 Å². The van der Waals surface area contributed by atoms with Gasteiger partial charge < -0.3 is 0 Å². The summed E-state index contributed by atoms with van der Waals surface area (Å²) in [6, 6.07) is 15.8. The second-order valence-corrected chi connectivity index (χ2v) is 4.85. The monoisotopic (exact) mass is 303 g/mol. The van der Waals surface area contributed by atoms with Crippen LogP contribution in [0.15, 0.2) is 60.7 Å². The normalized spacial score (nSPS) is 13.9. The molecule has 0 aromatic heterocycles. The zero-order valence-corrected chi connectivity index (χ0v) is 11.5. The van der Waals surface area contributed by atoms with Gasteiger partial charge in [-0.25, -0.2) is 0 Å². The van der Waals surface area contributed by atoms with Crippen LogP contribution < -0.4 is 0 Å². The molecule has 0 amide bonds. The molecule has 0 saturated heterocycles. The van der Waals surface area contributed by atoms with Crippen LogP contribution in [0.5, 0.6) is 0 Å². The molecule has 0 bridgehead atoms. The van der Waals surface area contributed by atoms with Crippen molar-refractivity contribution in [3.63, 3.8) is 0 Å². The lowest BCUT2D eigenvalue weighted by molar-refractivity contribution is -0.172. The first-order chi connectivity index (χ1) is 10.4. The predicted octanol–water partition coefficient (Wildman–Crippen LogP) is 4.28. The average Bonchev–Trinajstić information content (AvgIpc) is 2.53. The number of halogens is 3. The van der Waals surface area contributed by atoms with E-state index in [0.717, 1.165) is 0 Å². The zero-order chi connectivity index (χ0) is 16.2. The minimum absolute atomic E-state index is 0.155. The van der Waals surface area contributed by atoms with Crippen LogP contribution in [0.2, 0.25) is 0 Å². The molecule has 0 saturated carbocycles. The summed E-state index contributed by atoms with van der Waals surface area (Å²) in [6.07, 6.45) is -5.80. The maximum atomic E-state index is 13.6. The van der Waals surface area contributed by atoms with Crippen molar-refractivity contribution >= 4 is 5.78 Å². The number of benzene rings is 2. The van der Waals surface area contributed by atoms with Gasteiger partial charge in [-0.1, -0.05) is 60.7 Å². The summed E-state index contributed by atoms with van der Waals surface area (Å²) >= 11 is 0. The van der Waals surface area contributed by atoms with Crippen LogP contribution in [0, 0.1) is 11.3 Å². The van der Waals surface area contributed by atoms with Crippen molar-refractivity contribution in [1.82, 2.24) is 0 Å². The molecule has 0 spiro atoms. The van der Waals surface area contributed by atoms with E-state index in [2.05, 4.69) is 0 Å². The number of rotatable bonds is 4. The van der Waals surface area contributed by atoms with E-state index in [9.17, 15) is 23.2 Å². The number of nitrogens with zero attached hydrogens (tertiary/aromatic N) is 1. The minimum Gasteiger partial charge on any atom is -0.294 e. The molecule has 5 heteroatoms. The van der Waals surface area contributed by atoms with Gasteiger partial charge in [0.05, 0.1) is 6.07 Å². The molecule has 0 heterocycles. The quantitative estimate of drug-likeness (QED) is 0.791. The maximum absolute atomic E-state index is 13.6. The summed E-state index contributed by atoms with van der Waals surface area (Å²) in [7, 11) is 0. The molecule has 22 heavy (non-hydrogen) atoms. The molecule has 2 aromatic rings. The number of Topliss-reactive ketones (excluding diaryl/α,β-unsaturated/α-hetero) is 1. The van der Waals surface area contributed by atoms with E-state index >= 15 is 0 Å². The lowest BCUT2D eigenvalue weighted by atomic mass is 9.76. The van der Waals surface area contributed by atoms with Crippen molar-refractivity contribution in [1.29, 1.82) is 5.26 Å². The molecule has 0 aliphatic rings. The van der Waals surface area contributed by atoms with Crippen molar-refractivity contribution in [2.45, 2.75) is 18.0 Å². The Morgan fingerprint density at radius 2 is 1.45 bits per heavy atom. The van der Waals surface area contributed by atoms with E-state index in [1.807, 2.05) is 0 Å². The lowest BCUT2D eigenvalue weighted by Gasteiger charge is -2.29. The number of alkyl halides is 3. The van der Waals surface area contributed by atoms with Gasteiger partial charge in [0.25, 0.3) is 0 Å². The first-order valence-corrected chi connectivity index (χ1v) is 6.52. The van der Waals surface area contributed by atoms with Crippen molar-refractivity contribution < 1.29 is 18.0 Å². The van der Waals surface area contributed by atoms with Gasteiger partial charge in [0, 0.05) is 12.0 Å². The smallest absolute Gasteiger partial charge is 0.294 e. The number of nitriles is 1. The van der Waals surface area contributed by atoms with Crippen LogP contribution in [-0.4, -0.2) is 12.0 Å². The second-order valence-electron chi connectivity index (χ2n) is 4.85. The molecule has 0 N–H and O–H groups in total. The highest BCUT2D eigenvalue weighted by Gasteiger charge is 2.57. The lowest BCUT2D eigenvalue weighted by Crippen LogP contribution is -2.43. The van der Waals surface area contributed by atoms with Crippen LogP contribution >= 0.6 is 0 Å². The average molecular weight is 303 g/mol.